The molecule has 0 amide bonds. The SMILES string of the molecule is Cc1ccc(C(C(N)=S)N2CCCCCC2)cc1. The average molecular weight is 262 g/mol. The molecule has 0 aromatic heterocycles. The first-order chi connectivity index (χ1) is 8.68. The molecule has 0 saturated carbocycles. The van der Waals surface area contributed by atoms with Gasteiger partial charge >= 0.3 is 0 Å². The van der Waals surface area contributed by atoms with Crippen LogP contribution in [0, 0.1) is 6.92 Å². The summed E-state index contributed by atoms with van der Waals surface area (Å²) in [6, 6.07) is 8.70. The highest BCUT2D eigenvalue weighted by atomic mass is 32.1. The van der Waals surface area contributed by atoms with E-state index >= 15 is 0 Å². The summed E-state index contributed by atoms with van der Waals surface area (Å²) in [6.45, 7) is 4.32. The van der Waals surface area contributed by atoms with E-state index in [2.05, 4.69) is 36.1 Å². The Balaban J connectivity index is 2.21. The fourth-order valence-corrected chi connectivity index (χ4v) is 2.94. The third kappa shape index (κ3) is 3.30. The zero-order valence-corrected chi connectivity index (χ0v) is 11.9. The van der Waals surface area contributed by atoms with Crippen molar-refractivity contribution in [3.63, 3.8) is 0 Å². The van der Waals surface area contributed by atoms with E-state index in [1.54, 1.807) is 0 Å². The topological polar surface area (TPSA) is 29.3 Å². The highest BCUT2D eigenvalue weighted by molar-refractivity contribution is 7.80. The summed E-state index contributed by atoms with van der Waals surface area (Å²) in [5, 5.41) is 0. The van der Waals surface area contributed by atoms with Gasteiger partial charge in [-0.25, -0.2) is 0 Å². The molecule has 0 radical (unpaired) electrons. The molecule has 18 heavy (non-hydrogen) atoms. The Labute approximate surface area is 115 Å². The van der Waals surface area contributed by atoms with Crippen LogP contribution in [0.3, 0.4) is 0 Å². The third-order valence-corrected chi connectivity index (χ3v) is 3.89. The summed E-state index contributed by atoms with van der Waals surface area (Å²) < 4.78 is 0. The molecule has 1 aliphatic heterocycles. The number of nitrogens with zero attached hydrogens (tertiary/aromatic N) is 1. The molecule has 1 atom stereocenters. The third-order valence-electron chi connectivity index (χ3n) is 3.67. The zero-order valence-electron chi connectivity index (χ0n) is 11.1. The highest BCUT2D eigenvalue weighted by Crippen LogP contribution is 2.24. The predicted octanol–water partition coefficient (Wildman–Crippen LogP) is 3.20. The van der Waals surface area contributed by atoms with Crippen molar-refractivity contribution in [3.8, 4) is 0 Å². The molecule has 2 rings (SSSR count). The Kier molecular flexibility index (Phi) is 4.72. The average Bonchev–Trinajstić information content (AvgIpc) is 2.60. The van der Waals surface area contributed by atoms with Crippen molar-refractivity contribution in [3.05, 3.63) is 35.4 Å². The molecule has 1 heterocycles. The van der Waals surface area contributed by atoms with Crippen LogP contribution >= 0.6 is 12.2 Å². The van der Waals surface area contributed by atoms with E-state index in [1.165, 1.54) is 36.8 Å². The number of benzene rings is 1. The number of hydrogen-bond donors (Lipinski definition) is 1. The van der Waals surface area contributed by atoms with E-state index < -0.39 is 0 Å². The lowest BCUT2D eigenvalue weighted by Crippen LogP contribution is -2.37. The molecule has 1 saturated heterocycles. The summed E-state index contributed by atoms with van der Waals surface area (Å²) in [6.07, 6.45) is 5.17. The van der Waals surface area contributed by atoms with Gasteiger partial charge in [-0.3, -0.25) is 4.90 Å². The van der Waals surface area contributed by atoms with Gasteiger partial charge in [0, 0.05) is 0 Å². The van der Waals surface area contributed by atoms with Gasteiger partial charge < -0.3 is 5.73 Å². The molecule has 2 N–H and O–H groups in total. The van der Waals surface area contributed by atoms with Gasteiger partial charge in [0.15, 0.2) is 0 Å². The summed E-state index contributed by atoms with van der Waals surface area (Å²) in [4.78, 5) is 3.04. The van der Waals surface area contributed by atoms with Crippen molar-refractivity contribution >= 4 is 17.2 Å². The Morgan fingerprint density at radius 3 is 2.17 bits per heavy atom. The normalized spacial score (nSPS) is 19.2. The molecule has 1 unspecified atom stereocenters. The van der Waals surface area contributed by atoms with Gasteiger partial charge in [0.05, 0.1) is 11.0 Å². The maximum absolute atomic E-state index is 5.98. The van der Waals surface area contributed by atoms with E-state index in [1.807, 2.05) is 0 Å². The van der Waals surface area contributed by atoms with Crippen LogP contribution in [0.4, 0.5) is 0 Å². The minimum atomic E-state index is 0.110. The Morgan fingerprint density at radius 1 is 1.11 bits per heavy atom. The lowest BCUT2D eigenvalue weighted by Gasteiger charge is -2.30. The smallest absolute Gasteiger partial charge is 0.0948 e. The Hall–Kier alpha value is -0.930. The molecule has 1 fully saturated rings. The van der Waals surface area contributed by atoms with Crippen molar-refractivity contribution < 1.29 is 0 Å². The quantitative estimate of drug-likeness (QED) is 0.848. The van der Waals surface area contributed by atoms with Crippen LogP contribution in [0.15, 0.2) is 24.3 Å². The molecule has 1 aliphatic rings. The fraction of sp³-hybridized carbons (Fsp3) is 0.533. The van der Waals surface area contributed by atoms with Crippen molar-refractivity contribution in [2.75, 3.05) is 13.1 Å². The summed E-state index contributed by atoms with van der Waals surface area (Å²) in [5.74, 6) is 0. The van der Waals surface area contributed by atoms with Gasteiger partial charge in [0.1, 0.15) is 0 Å². The molecule has 1 aromatic carbocycles. The molecular weight excluding hydrogens is 240 g/mol. The summed E-state index contributed by atoms with van der Waals surface area (Å²) in [5.41, 5.74) is 8.48. The van der Waals surface area contributed by atoms with Crippen LogP contribution in [0.1, 0.15) is 42.9 Å². The van der Waals surface area contributed by atoms with Crippen LogP contribution in [-0.2, 0) is 0 Å². The first-order valence-corrected chi connectivity index (χ1v) is 7.19. The molecule has 0 bridgehead atoms. The predicted molar refractivity (Wildman–Crippen MR) is 80.7 cm³/mol. The van der Waals surface area contributed by atoms with E-state index in [0.717, 1.165) is 13.1 Å². The van der Waals surface area contributed by atoms with Crippen molar-refractivity contribution in [2.45, 2.75) is 38.6 Å². The summed E-state index contributed by atoms with van der Waals surface area (Å²) in [7, 11) is 0. The maximum atomic E-state index is 5.98. The molecule has 1 aromatic rings. The highest BCUT2D eigenvalue weighted by Gasteiger charge is 2.23. The van der Waals surface area contributed by atoms with Crippen LogP contribution in [-0.4, -0.2) is 23.0 Å². The number of hydrogen-bond acceptors (Lipinski definition) is 2. The monoisotopic (exact) mass is 262 g/mol. The minimum Gasteiger partial charge on any atom is -0.392 e. The van der Waals surface area contributed by atoms with Crippen molar-refractivity contribution in [2.24, 2.45) is 5.73 Å². The summed E-state index contributed by atoms with van der Waals surface area (Å²) >= 11 is 5.29. The van der Waals surface area contributed by atoms with Crippen LogP contribution in [0.2, 0.25) is 0 Å². The lowest BCUT2D eigenvalue weighted by atomic mass is 10.0. The Bertz CT molecular complexity index is 391. The van der Waals surface area contributed by atoms with Crippen LogP contribution < -0.4 is 5.73 Å². The fourth-order valence-electron chi connectivity index (χ4n) is 2.66. The Morgan fingerprint density at radius 2 is 1.67 bits per heavy atom. The van der Waals surface area contributed by atoms with Gasteiger partial charge in [-0.2, -0.15) is 0 Å². The first-order valence-electron chi connectivity index (χ1n) is 6.78. The number of aryl methyl sites for hydroxylation is 1. The number of nitrogens with two attached hydrogens (primary N) is 1. The molecule has 3 heteroatoms. The second-order valence-corrected chi connectivity index (χ2v) is 5.64. The molecule has 98 valence electrons. The molecule has 0 aliphatic carbocycles. The lowest BCUT2D eigenvalue weighted by molar-refractivity contribution is 0.255. The largest absolute Gasteiger partial charge is 0.392 e. The number of thiocarbonyl (C=S) groups is 1. The zero-order chi connectivity index (χ0) is 13.0. The van der Waals surface area contributed by atoms with Gasteiger partial charge in [-0.15, -0.1) is 0 Å². The second-order valence-electron chi connectivity index (χ2n) is 5.17. The first kappa shape index (κ1) is 13.5. The van der Waals surface area contributed by atoms with Crippen molar-refractivity contribution in [1.29, 1.82) is 0 Å². The van der Waals surface area contributed by atoms with Crippen LogP contribution in [0.25, 0.3) is 0 Å². The van der Waals surface area contributed by atoms with Crippen molar-refractivity contribution in [1.82, 2.24) is 4.90 Å². The van der Waals surface area contributed by atoms with E-state index in [0.29, 0.717) is 4.99 Å². The van der Waals surface area contributed by atoms with Gasteiger partial charge in [-0.1, -0.05) is 54.9 Å². The standard InChI is InChI=1S/C15H22N2S/c1-12-6-8-13(9-7-12)14(15(16)18)17-10-4-2-3-5-11-17/h6-9,14H,2-5,10-11H2,1H3,(H2,16,18). The number of rotatable bonds is 3. The van der Waals surface area contributed by atoms with Gasteiger partial charge in [0.25, 0.3) is 0 Å². The maximum Gasteiger partial charge on any atom is 0.0948 e. The molecule has 0 spiro atoms. The molecule has 2 nitrogen and oxygen atoms in total. The van der Waals surface area contributed by atoms with E-state index in [9.17, 15) is 0 Å². The van der Waals surface area contributed by atoms with E-state index in [-0.39, 0.29) is 6.04 Å². The minimum absolute atomic E-state index is 0.110. The van der Waals surface area contributed by atoms with Gasteiger partial charge in [0.2, 0.25) is 0 Å². The van der Waals surface area contributed by atoms with Gasteiger partial charge in [-0.05, 0) is 38.4 Å². The molecular formula is C15H22N2S. The second kappa shape index (κ2) is 6.30. The van der Waals surface area contributed by atoms with Crippen LogP contribution in [0.5, 0.6) is 0 Å². The van der Waals surface area contributed by atoms with E-state index in [4.69, 9.17) is 18.0 Å². The number of likely N-dealkylation sites (tertiary alicyclic amines) is 1.